The van der Waals surface area contributed by atoms with Gasteiger partial charge in [-0.15, -0.1) is 0 Å². The molecule has 5 nitrogen and oxygen atoms in total. The van der Waals surface area contributed by atoms with Crippen molar-refractivity contribution >= 4 is 11.6 Å². The van der Waals surface area contributed by atoms with Gasteiger partial charge < -0.3 is 19.5 Å². The zero-order chi connectivity index (χ0) is 15.4. The van der Waals surface area contributed by atoms with Crippen LogP contribution in [0.15, 0.2) is 12.1 Å². The highest BCUT2D eigenvalue weighted by molar-refractivity contribution is 6.33. The highest BCUT2D eigenvalue weighted by Gasteiger charge is 2.27. The first-order valence-corrected chi connectivity index (χ1v) is 7.44. The number of aliphatic hydroxyl groups excluding tert-OH is 1. The van der Waals surface area contributed by atoms with Crippen LogP contribution < -0.4 is 9.47 Å². The largest absolute Gasteiger partial charge is 0.493 e. The first-order valence-electron chi connectivity index (χ1n) is 7.06. The van der Waals surface area contributed by atoms with E-state index in [2.05, 4.69) is 16.8 Å². The lowest BCUT2D eigenvalue weighted by Crippen LogP contribution is -2.46. The number of aliphatic hydroxyl groups is 1. The van der Waals surface area contributed by atoms with Crippen molar-refractivity contribution in [2.75, 3.05) is 54.1 Å². The van der Waals surface area contributed by atoms with E-state index in [0.29, 0.717) is 16.5 Å². The Balaban J connectivity index is 2.30. The summed E-state index contributed by atoms with van der Waals surface area (Å²) in [6, 6.07) is 3.62. The van der Waals surface area contributed by atoms with Crippen molar-refractivity contribution in [3.05, 3.63) is 22.7 Å². The minimum absolute atomic E-state index is 0.0267. The maximum absolute atomic E-state index is 9.83. The third-order valence-corrected chi connectivity index (χ3v) is 4.42. The fourth-order valence-electron chi connectivity index (χ4n) is 2.71. The number of likely N-dealkylation sites (N-methyl/N-ethyl adjacent to an activating group) is 1. The van der Waals surface area contributed by atoms with E-state index in [1.54, 1.807) is 14.2 Å². The monoisotopic (exact) mass is 314 g/mol. The molecule has 0 saturated carbocycles. The molecule has 1 unspecified atom stereocenters. The average Bonchev–Trinajstić information content (AvgIpc) is 2.50. The molecular weight excluding hydrogens is 292 g/mol. The van der Waals surface area contributed by atoms with E-state index in [1.807, 2.05) is 12.1 Å². The Kier molecular flexibility index (Phi) is 5.70. The lowest BCUT2D eigenvalue weighted by molar-refractivity contribution is 0.0747. The molecule has 1 aliphatic heterocycles. The maximum atomic E-state index is 9.83. The van der Waals surface area contributed by atoms with Crippen molar-refractivity contribution in [1.82, 2.24) is 9.80 Å². The summed E-state index contributed by atoms with van der Waals surface area (Å²) in [5.74, 6) is 1.12. The molecule has 1 aliphatic rings. The minimum Gasteiger partial charge on any atom is -0.493 e. The van der Waals surface area contributed by atoms with Gasteiger partial charge in [0.25, 0.3) is 0 Å². The van der Waals surface area contributed by atoms with Crippen LogP contribution in [0.2, 0.25) is 5.02 Å². The quantitative estimate of drug-likeness (QED) is 0.895. The molecule has 1 fully saturated rings. The van der Waals surface area contributed by atoms with E-state index >= 15 is 0 Å². The summed E-state index contributed by atoms with van der Waals surface area (Å²) in [7, 11) is 5.25. The summed E-state index contributed by atoms with van der Waals surface area (Å²) >= 11 is 6.46. The van der Waals surface area contributed by atoms with E-state index in [-0.39, 0.29) is 12.6 Å². The van der Waals surface area contributed by atoms with Crippen LogP contribution in [0.4, 0.5) is 0 Å². The van der Waals surface area contributed by atoms with Crippen LogP contribution in [0, 0.1) is 0 Å². The molecule has 6 heteroatoms. The number of methoxy groups -OCH3 is 2. The van der Waals surface area contributed by atoms with Gasteiger partial charge in [0.2, 0.25) is 0 Å². The van der Waals surface area contributed by atoms with Crippen molar-refractivity contribution in [2.45, 2.75) is 6.04 Å². The van der Waals surface area contributed by atoms with Crippen molar-refractivity contribution in [3.63, 3.8) is 0 Å². The smallest absolute Gasteiger partial charge is 0.179 e. The molecule has 0 spiro atoms. The minimum atomic E-state index is -0.119. The predicted octanol–water partition coefficient (Wildman–Crippen LogP) is 1.64. The number of hydrogen-bond donors (Lipinski definition) is 1. The van der Waals surface area contributed by atoms with E-state index < -0.39 is 0 Å². The fraction of sp³-hybridized carbons (Fsp3) is 0.600. The van der Waals surface area contributed by atoms with E-state index in [4.69, 9.17) is 21.1 Å². The summed E-state index contributed by atoms with van der Waals surface area (Å²) in [6.45, 7) is 3.82. The Morgan fingerprint density at radius 2 is 1.86 bits per heavy atom. The van der Waals surface area contributed by atoms with Crippen molar-refractivity contribution in [2.24, 2.45) is 0 Å². The predicted molar refractivity (Wildman–Crippen MR) is 83.5 cm³/mol. The summed E-state index contributed by atoms with van der Waals surface area (Å²) in [6.07, 6.45) is 0. The van der Waals surface area contributed by atoms with Crippen LogP contribution in [0.1, 0.15) is 11.6 Å². The van der Waals surface area contributed by atoms with Crippen LogP contribution in [-0.2, 0) is 0 Å². The van der Waals surface area contributed by atoms with Gasteiger partial charge in [-0.3, -0.25) is 4.90 Å². The summed E-state index contributed by atoms with van der Waals surface area (Å²) < 4.78 is 10.6. The van der Waals surface area contributed by atoms with E-state index in [0.717, 1.165) is 31.7 Å². The molecule has 2 rings (SSSR count). The van der Waals surface area contributed by atoms with Crippen LogP contribution >= 0.6 is 11.6 Å². The number of halogens is 1. The van der Waals surface area contributed by atoms with Gasteiger partial charge in [-0.1, -0.05) is 17.7 Å². The van der Waals surface area contributed by atoms with Gasteiger partial charge in [0, 0.05) is 26.2 Å². The van der Waals surface area contributed by atoms with E-state index in [1.165, 1.54) is 0 Å². The molecule has 21 heavy (non-hydrogen) atoms. The molecule has 1 N–H and O–H groups in total. The molecule has 1 atom stereocenters. The molecule has 0 aliphatic carbocycles. The highest BCUT2D eigenvalue weighted by Crippen LogP contribution is 2.40. The highest BCUT2D eigenvalue weighted by atomic mass is 35.5. The Bertz CT molecular complexity index is 476. The SMILES string of the molecule is COc1ccc(C(CO)N2CCN(C)CC2)c(Cl)c1OC. The van der Waals surface area contributed by atoms with Crippen LogP contribution in [0.25, 0.3) is 0 Å². The van der Waals surface area contributed by atoms with Gasteiger partial charge in [-0.25, -0.2) is 0 Å². The second-order valence-electron chi connectivity index (χ2n) is 5.24. The molecular formula is C15H23ClN2O3. The first kappa shape index (κ1) is 16.4. The van der Waals surface area contributed by atoms with E-state index in [9.17, 15) is 5.11 Å². The summed E-state index contributed by atoms with van der Waals surface area (Å²) in [5.41, 5.74) is 0.876. The number of benzene rings is 1. The third kappa shape index (κ3) is 3.43. The topological polar surface area (TPSA) is 45.2 Å². The van der Waals surface area contributed by atoms with Crippen LogP contribution in [-0.4, -0.2) is 69.0 Å². The second kappa shape index (κ2) is 7.31. The number of ether oxygens (including phenoxy) is 2. The van der Waals surface area contributed by atoms with Crippen molar-refractivity contribution in [3.8, 4) is 11.5 Å². The van der Waals surface area contributed by atoms with Gasteiger partial charge in [-0.05, 0) is 18.7 Å². The van der Waals surface area contributed by atoms with Gasteiger partial charge >= 0.3 is 0 Å². The maximum Gasteiger partial charge on any atom is 0.179 e. The lowest BCUT2D eigenvalue weighted by atomic mass is 10.0. The average molecular weight is 315 g/mol. The Hall–Kier alpha value is -1.01. The molecule has 1 heterocycles. The van der Waals surface area contributed by atoms with Gasteiger partial charge in [-0.2, -0.15) is 0 Å². The number of rotatable bonds is 5. The summed E-state index contributed by atoms with van der Waals surface area (Å²) in [4.78, 5) is 4.54. The lowest BCUT2D eigenvalue weighted by Gasteiger charge is -2.37. The zero-order valence-electron chi connectivity index (χ0n) is 12.8. The molecule has 1 aromatic rings. The number of hydrogen-bond acceptors (Lipinski definition) is 5. The molecule has 0 amide bonds. The van der Waals surface area contributed by atoms with Crippen LogP contribution in [0.5, 0.6) is 11.5 Å². The normalized spacial score (nSPS) is 18.5. The Labute approximate surface area is 131 Å². The van der Waals surface area contributed by atoms with Crippen molar-refractivity contribution < 1.29 is 14.6 Å². The number of nitrogens with zero attached hydrogens (tertiary/aromatic N) is 2. The molecule has 1 saturated heterocycles. The molecule has 0 bridgehead atoms. The number of piperazine rings is 1. The standard InChI is InChI=1S/C15H23ClN2O3/c1-17-6-8-18(9-7-17)12(10-19)11-4-5-13(20-2)15(21-3)14(11)16/h4-5,12,19H,6-10H2,1-3H3. The molecule has 1 aromatic carbocycles. The van der Waals surface area contributed by atoms with Crippen molar-refractivity contribution in [1.29, 1.82) is 0 Å². The van der Waals surface area contributed by atoms with Gasteiger partial charge in [0.05, 0.1) is 31.9 Å². The van der Waals surface area contributed by atoms with Gasteiger partial charge in [0.1, 0.15) is 0 Å². The molecule has 0 radical (unpaired) electrons. The zero-order valence-corrected chi connectivity index (χ0v) is 13.6. The van der Waals surface area contributed by atoms with Gasteiger partial charge in [0.15, 0.2) is 11.5 Å². The second-order valence-corrected chi connectivity index (χ2v) is 5.62. The summed E-state index contributed by atoms with van der Waals surface area (Å²) in [5, 5.41) is 10.3. The molecule has 118 valence electrons. The first-order chi connectivity index (χ1) is 10.1. The third-order valence-electron chi connectivity index (χ3n) is 4.03. The Morgan fingerprint density at radius 1 is 1.19 bits per heavy atom. The Morgan fingerprint density at radius 3 is 2.38 bits per heavy atom. The molecule has 0 aromatic heterocycles. The fourth-order valence-corrected chi connectivity index (χ4v) is 3.07. The van der Waals surface area contributed by atoms with Crippen LogP contribution in [0.3, 0.4) is 0 Å².